The number of thiophene rings is 1. The first kappa shape index (κ1) is 15.7. The van der Waals surface area contributed by atoms with Crippen molar-refractivity contribution in [2.75, 3.05) is 11.9 Å². The number of halogens is 1. The highest BCUT2D eigenvalue weighted by Gasteiger charge is 2.33. The van der Waals surface area contributed by atoms with E-state index in [1.165, 1.54) is 12.1 Å². The van der Waals surface area contributed by atoms with Gasteiger partial charge in [-0.05, 0) is 36.1 Å². The molecular formula is C17H17FN2O2S. The van der Waals surface area contributed by atoms with Gasteiger partial charge in [-0.15, -0.1) is 11.3 Å². The first-order valence-electron chi connectivity index (χ1n) is 7.49. The van der Waals surface area contributed by atoms with Gasteiger partial charge < -0.3 is 10.2 Å². The number of hydrogen-bond acceptors (Lipinski definition) is 3. The van der Waals surface area contributed by atoms with Crippen LogP contribution in [0.2, 0.25) is 0 Å². The number of hydrogen-bond donors (Lipinski definition) is 1. The van der Waals surface area contributed by atoms with Gasteiger partial charge in [0.05, 0.1) is 12.5 Å². The minimum Gasteiger partial charge on any atom is -0.337 e. The Morgan fingerprint density at radius 2 is 2.26 bits per heavy atom. The summed E-state index contributed by atoms with van der Waals surface area (Å²) in [7, 11) is 0. The maximum absolute atomic E-state index is 13.4. The van der Waals surface area contributed by atoms with Gasteiger partial charge in [0.15, 0.2) is 0 Å². The van der Waals surface area contributed by atoms with E-state index in [4.69, 9.17) is 0 Å². The number of nitrogens with one attached hydrogen (secondary N) is 1. The Bertz CT molecular complexity index is 730. The highest BCUT2D eigenvalue weighted by Crippen LogP contribution is 2.34. The molecule has 3 rings (SSSR count). The Kier molecular flexibility index (Phi) is 4.43. The molecule has 1 aromatic heterocycles. The van der Waals surface area contributed by atoms with Crippen LogP contribution < -0.4 is 5.32 Å². The largest absolute Gasteiger partial charge is 0.337 e. The summed E-state index contributed by atoms with van der Waals surface area (Å²) in [6.07, 6.45) is 0.0956. The van der Waals surface area contributed by atoms with Crippen molar-refractivity contribution in [3.05, 3.63) is 52.0 Å². The van der Waals surface area contributed by atoms with Crippen molar-refractivity contribution in [2.24, 2.45) is 0 Å². The molecule has 120 valence electrons. The van der Waals surface area contributed by atoms with Crippen LogP contribution in [0.5, 0.6) is 0 Å². The average molecular weight is 332 g/mol. The van der Waals surface area contributed by atoms with E-state index in [9.17, 15) is 14.0 Å². The molecule has 1 aromatic carbocycles. The summed E-state index contributed by atoms with van der Waals surface area (Å²) in [6, 6.07) is 8.11. The Labute approximate surface area is 137 Å². The third-order valence-electron chi connectivity index (χ3n) is 3.97. The Hall–Kier alpha value is -2.21. The highest BCUT2D eigenvalue weighted by atomic mass is 32.1. The molecule has 23 heavy (non-hydrogen) atoms. The zero-order valence-electron chi connectivity index (χ0n) is 12.7. The number of amides is 2. The predicted octanol–water partition coefficient (Wildman–Crippen LogP) is 3.36. The molecule has 0 fully saturated rings. The first-order valence-corrected chi connectivity index (χ1v) is 8.37. The van der Waals surface area contributed by atoms with Crippen LogP contribution >= 0.6 is 11.3 Å². The minimum absolute atomic E-state index is 0.0939. The molecule has 2 heterocycles. The van der Waals surface area contributed by atoms with E-state index in [1.54, 1.807) is 22.3 Å². The number of rotatable bonds is 4. The number of fused-ring (bicyclic) bond motifs is 1. The molecule has 2 aromatic rings. The summed E-state index contributed by atoms with van der Waals surface area (Å²) in [5.41, 5.74) is 1.08. The van der Waals surface area contributed by atoms with Gasteiger partial charge in [0.1, 0.15) is 5.82 Å². The maximum atomic E-state index is 13.4. The van der Waals surface area contributed by atoms with E-state index >= 15 is 0 Å². The van der Waals surface area contributed by atoms with Crippen LogP contribution in [-0.4, -0.2) is 23.3 Å². The van der Waals surface area contributed by atoms with Crippen LogP contribution in [0, 0.1) is 5.82 Å². The Balaban J connectivity index is 1.88. The maximum Gasteiger partial charge on any atom is 0.231 e. The predicted molar refractivity (Wildman–Crippen MR) is 87.8 cm³/mol. The number of likely N-dealkylation sites (N-methyl/N-ethyl adjacent to an activating group) is 1. The summed E-state index contributed by atoms with van der Waals surface area (Å²) in [6.45, 7) is 3.01. The number of carbonyl (C=O) groups excluding carboxylic acids is 2. The van der Waals surface area contributed by atoms with Gasteiger partial charge in [0, 0.05) is 23.5 Å². The van der Waals surface area contributed by atoms with Gasteiger partial charge in [-0.2, -0.15) is 0 Å². The molecule has 0 spiro atoms. The number of benzene rings is 1. The van der Waals surface area contributed by atoms with Gasteiger partial charge in [-0.1, -0.05) is 12.1 Å². The van der Waals surface area contributed by atoms with E-state index in [0.29, 0.717) is 24.3 Å². The normalized spacial score (nSPS) is 16.6. The molecule has 1 atom stereocenters. The van der Waals surface area contributed by atoms with E-state index in [1.807, 2.05) is 24.4 Å². The molecule has 1 N–H and O–H groups in total. The summed E-state index contributed by atoms with van der Waals surface area (Å²) in [4.78, 5) is 27.6. The number of anilines is 1. The zero-order chi connectivity index (χ0) is 16.4. The molecule has 1 aliphatic heterocycles. The van der Waals surface area contributed by atoms with Gasteiger partial charge in [0.25, 0.3) is 0 Å². The topological polar surface area (TPSA) is 49.4 Å². The fourth-order valence-electron chi connectivity index (χ4n) is 2.81. The SMILES string of the molecule is CCN(Cc1cccs1)C(=O)[C@@H]1CC(=O)Nc2cc(F)ccc21. The van der Waals surface area contributed by atoms with Crippen molar-refractivity contribution >= 4 is 28.8 Å². The van der Waals surface area contributed by atoms with E-state index < -0.39 is 11.7 Å². The van der Waals surface area contributed by atoms with Crippen LogP contribution in [0.25, 0.3) is 0 Å². The van der Waals surface area contributed by atoms with Crippen molar-refractivity contribution in [3.8, 4) is 0 Å². The summed E-state index contributed by atoms with van der Waals surface area (Å²) >= 11 is 1.60. The molecule has 1 aliphatic rings. The van der Waals surface area contributed by atoms with Crippen molar-refractivity contribution in [3.63, 3.8) is 0 Å². The van der Waals surface area contributed by atoms with E-state index in [0.717, 1.165) is 4.88 Å². The van der Waals surface area contributed by atoms with Gasteiger partial charge in [-0.3, -0.25) is 9.59 Å². The fraction of sp³-hybridized carbons (Fsp3) is 0.294. The van der Waals surface area contributed by atoms with E-state index in [-0.39, 0.29) is 18.2 Å². The van der Waals surface area contributed by atoms with Crippen LogP contribution in [-0.2, 0) is 16.1 Å². The monoisotopic (exact) mass is 332 g/mol. The minimum atomic E-state index is -0.556. The lowest BCUT2D eigenvalue weighted by molar-refractivity contribution is -0.135. The highest BCUT2D eigenvalue weighted by molar-refractivity contribution is 7.09. The molecule has 2 amide bonds. The molecule has 0 radical (unpaired) electrons. The molecular weight excluding hydrogens is 315 g/mol. The van der Waals surface area contributed by atoms with Crippen molar-refractivity contribution < 1.29 is 14.0 Å². The van der Waals surface area contributed by atoms with Gasteiger partial charge >= 0.3 is 0 Å². The lowest BCUT2D eigenvalue weighted by Gasteiger charge is -2.30. The van der Waals surface area contributed by atoms with Crippen LogP contribution in [0.1, 0.15) is 29.7 Å². The molecule has 4 nitrogen and oxygen atoms in total. The molecule has 0 saturated carbocycles. The van der Waals surface area contributed by atoms with Gasteiger partial charge in [-0.25, -0.2) is 4.39 Å². The van der Waals surface area contributed by atoms with Gasteiger partial charge in [0.2, 0.25) is 11.8 Å². The number of carbonyl (C=O) groups is 2. The molecule has 0 saturated heterocycles. The lowest BCUT2D eigenvalue weighted by atomic mass is 9.89. The van der Waals surface area contributed by atoms with Crippen molar-refractivity contribution in [1.29, 1.82) is 0 Å². The molecule has 0 aliphatic carbocycles. The number of nitrogens with zero attached hydrogens (tertiary/aromatic N) is 1. The quantitative estimate of drug-likeness (QED) is 0.933. The zero-order valence-corrected chi connectivity index (χ0v) is 13.5. The van der Waals surface area contributed by atoms with Crippen molar-refractivity contribution in [2.45, 2.75) is 25.8 Å². The average Bonchev–Trinajstić information content (AvgIpc) is 3.03. The van der Waals surface area contributed by atoms with Crippen LogP contribution in [0.4, 0.5) is 10.1 Å². The Morgan fingerprint density at radius 1 is 1.43 bits per heavy atom. The van der Waals surface area contributed by atoms with Crippen LogP contribution in [0.15, 0.2) is 35.7 Å². The third-order valence-corrected chi connectivity index (χ3v) is 4.83. The van der Waals surface area contributed by atoms with Crippen LogP contribution in [0.3, 0.4) is 0 Å². The fourth-order valence-corrected chi connectivity index (χ4v) is 3.53. The van der Waals surface area contributed by atoms with E-state index in [2.05, 4.69) is 5.32 Å². The van der Waals surface area contributed by atoms with Crippen molar-refractivity contribution in [1.82, 2.24) is 4.90 Å². The summed E-state index contributed by atoms with van der Waals surface area (Å²) in [5.74, 6) is -1.33. The molecule has 0 bridgehead atoms. The Morgan fingerprint density at radius 3 is 2.96 bits per heavy atom. The smallest absolute Gasteiger partial charge is 0.231 e. The second kappa shape index (κ2) is 6.50. The standard InChI is InChI=1S/C17H17FN2O2S/c1-2-20(10-12-4-3-7-23-12)17(22)14-9-16(21)19-15-8-11(18)5-6-13(14)15/h3-8,14H,2,9-10H2,1H3,(H,19,21)/t14-/m1/s1. The second-order valence-electron chi connectivity index (χ2n) is 5.47. The summed E-state index contributed by atoms with van der Waals surface area (Å²) < 4.78 is 13.4. The third kappa shape index (κ3) is 3.27. The first-order chi connectivity index (χ1) is 11.1. The second-order valence-corrected chi connectivity index (χ2v) is 6.50. The lowest BCUT2D eigenvalue weighted by Crippen LogP contribution is -2.38. The molecule has 6 heteroatoms. The molecule has 0 unspecified atom stereocenters. The summed E-state index contributed by atoms with van der Waals surface area (Å²) in [5, 5.41) is 4.61.